The van der Waals surface area contributed by atoms with Crippen LogP contribution >= 0.6 is 0 Å². The lowest BCUT2D eigenvalue weighted by Gasteiger charge is -2.43. The van der Waals surface area contributed by atoms with Gasteiger partial charge in [0.15, 0.2) is 11.3 Å². The number of nitriles is 1. The van der Waals surface area contributed by atoms with Crippen molar-refractivity contribution in [3.63, 3.8) is 0 Å². The van der Waals surface area contributed by atoms with Gasteiger partial charge in [-0.3, -0.25) is 0 Å². The van der Waals surface area contributed by atoms with E-state index < -0.39 is 22.8 Å². The van der Waals surface area contributed by atoms with Gasteiger partial charge < -0.3 is 11.1 Å². The second-order valence-corrected chi connectivity index (χ2v) is 8.69. The fraction of sp³-hybridized carbons (Fsp3) is 0.435. The Morgan fingerprint density at radius 1 is 1.15 bits per heavy atom. The summed E-state index contributed by atoms with van der Waals surface area (Å²) in [5, 5.41) is 16.4. The molecule has 3 N–H and O–H groups in total. The second-order valence-electron chi connectivity index (χ2n) is 8.69. The van der Waals surface area contributed by atoms with Gasteiger partial charge in [0, 0.05) is 29.8 Å². The summed E-state index contributed by atoms with van der Waals surface area (Å²) < 4.78 is 54.5. The molecule has 10 heteroatoms. The van der Waals surface area contributed by atoms with Crippen LogP contribution in [0.2, 0.25) is 0 Å². The fourth-order valence-corrected chi connectivity index (χ4v) is 4.39. The zero-order chi connectivity index (χ0) is 23.9. The zero-order valence-electron chi connectivity index (χ0n) is 18.1. The summed E-state index contributed by atoms with van der Waals surface area (Å²) in [6.45, 7) is 2.22. The molecule has 174 valence electrons. The number of aryl methyl sites for hydroxylation is 1. The number of alkyl halides is 3. The van der Waals surface area contributed by atoms with Gasteiger partial charge in [0.25, 0.3) is 0 Å². The number of anilines is 1. The van der Waals surface area contributed by atoms with Gasteiger partial charge >= 0.3 is 6.18 Å². The van der Waals surface area contributed by atoms with Crippen molar-refractivity contribution in [2.24, 2.45) is 5.73 Å². The predicted octanol–water partition coefficient (Wildman–Crippen LogP) is 4.59. The number of nitrogens with one attached hydrogen (secondary N) is 1. The molecular weight excluding hydrogens is 436 g/mol. The van der Waals surface area contributed by atoms with Crippen molar-refractivity contribution in [1.82, 2.24) is 14.6 Å². The Morgan fingerprint density at radius 3 is 2.39 bits per heavy atom. The quantitative estimate of drug-likeness (QED) is 0.543. The molecule has 6 nitrogen and oxygen atoms in total. The lowest BCUT2D eigenvalue weighted by atomic mass is 9.64. The minimum atomic E-state index is -4.59. The van der Waals surface area contributed by atoms with Gasteiger partial charge in [-0.15, -0.1) is 0 Å². The molecule has 0 atom stereocenters. The van der Waals surface area contributed by atoms with Crippen molar-refractivity contribution < 1.29 is 17.6 Å². The van der Waals surface area contributed by atoms with E-state index >= 15 is 0 Å². The molecule has 3 aromatic rings. The average molecular weight is 460 g/mol. The van der Waals surface area contributed by atoms with Gasteiger partial charge in [-0.05, 0) is 49.8 Å². The molecular formula is C23H24F4N6. The molecule has 4 rings (SSSR count). The second kappa shape index (κ2) is 8.30. The molecule has 33 heavy (non-hydrogen) atoms. The first-order valence-electron chi connectivity index (χ1n) is 10.7. The van der Waals surface area contributed by atoms with E-state index in [4.69, 9.17) is 5.73 Å². The van der Waals surface area contributed by atoms with Crippen molar-refractivity contribution in [3.05, 3.63) is 59.2 Å². The van der Waals surface area contributed by atoms with Crippen LogP contribution in [-0.4, -0.2) is 26.7 Å². The molecule has 0 unspecified atom stereocenters. The van der Waals surface area contributed by atoms with Crippen molar-refractivity contribution in [2.75, 3.05) is 11.9 Å². The monoisotopic (exact) mass is 460 g/mol. The van der Waals surface area contributed by atoms with Crippen LogP contribution in [-0.2, 0) is 18.0 Å². The maximum Gasteiger partial charge on any atom is 0.435 e. The average Bonchev–Trinajstić information content (AvgIpc) is 3.24. The van der Waals surface area contributed by atoms with Crippen LogP contribution in [0.1, 0.15) is 49.6 Å². The number of hydrogen-bond donors (Lipinski definition) is 2. The number of nitrogens with zero attached hydrogens (tertiary/aromatic N) is 4. The maximum atomic E-state index is 13.6. The standard InChI is InChI=1S/C23H24F4N6/c1-2-17-11-19(33-20(31-17)12-18(32-33)23(25,26)27)30-14-21(15-3-5-16(24)6-4-15)7-9-22(29,13-28)10-8-21/h3-6,11-12,30H,2,7-10,14,29H2,1H3. The molecule has 0 amide bonds. The van der Waals surface area contributed by atoms with E-state index in [-0.39, 0.29) is 11.5 Å². The first-order chi connectivity index (χ1) is 15.6. The zero-order valence-corrected chi connectivity index (χ0v) is 18.1. The Balaban J connectivity index is 1.70. The molecule has 0 spiro atoms. The molecule has 2 heterocycles. The number of halogens is 4. The van der Waals surface area contributed by atoms with Crippen molar-refractivity contribution in [3.8, 4) is 6.07 Å². The smallest absolute Gasteiger partial charge is 0.369 e. The van der Waals surface area contributed by atoms with E-state index in [1.807, 2.05) is 6.92 Å². The Hall–Kier alpha value is -3.19. The maximum absolute atomic E-state index is 13.6. The van der Waals surface area contributed by atoms with E-state index in [2.05, 4.69) is 21.5 Å². The van der Waals surface area contributed by atoms with E-state index in [1.165, 1.54) is 12.1 Å². The van der Waals surface area contributed by atoms with Gasteiger partial charge in [-0.1, -0.05) is 19.1 Å². The van der Waals surface area contributed by atoms with Crippen LogP contribution in [0.4, 0.5) is 23.4 Å². The SMILES string of the molecule is CCc1cc(NCC2(c3ccc(F)cc3)CCC(N)(C#N)CC2)n2nc(C(F)(F)F)cc2n1. The summed E-state index contributed by atoms with van der Waals surface area (Å²) >= 11 is 0. The summed E-state index contributed by atoms with van der Waals surface area (Å²) in [6.07, 6.45) is -2.01. The van der Waals surface area contributed by atoms with Gasteiger partial charge in [-0.25, -0.2) is 9.37 Å². The number of fused-ring (bicyclic) bond motifs is 1. The normalized spacial score (nSPS) is 23.4. The third-order valence-corrected chi connectivity index (χ3v) is 6.52. The van der Waals surface area contributed by atoms with E-state index in [0.29, 0.717) is 50.2 Å². The lowest BCUT2D eigenvalue weighted by molar-refractivity contribution is -0.141. The minimum absolute atomic E-state index is 0.106. The van der Waals surface area contributed by atoms with Crippen LogP contribution in [0.15, 0.2) is 36.4 Å². The van der Waals surface area contributed by atoms with E-state index in [1.54, 1.807) is 18.2 Å². The lowest BCUT2D eigenvalue weighted by Crippen LogP contribution is -2.49. The van der Waals surface area contributed by atoms with Crippen LogP contribution in [0.25, 0.3) is 5.65 Å². The molecule has 0 radical (unpaired) electrons. The molecule has 1 aliphatic carbocycles. The summed E-state index contributed by atoms with van der Waals surface area (Å²) in [5.74, 6) is 0.0289. The van der Waals surface area contributed by atoms with E-state index in [9.17, 15) is 22.8 Å². The predicted molar refractivity (Wildman–Crippen MR) is 115 cm³/mol. The molecule has 1 aromatic carbocycles. The minimum Gasteiger partial charge on any atom is -0.369 e. The van der Waals surface area contributed by atoms with E-state index in [0.717, 1.165) is 16.1 Å². The third-order valence-electron chi connectivity index (χ3n) is 6.52. The number of benzene rings is 1. The van der Waals surface area contributed by atoms with Crippen LogP contribution < -0.4 is 11.1 Å². The Kier molecular flexibility index (Phi) is 5.78. The molecule has 1 aliphatic rings. The molecule has 1 saturated carbocycles. The first-order valence-corrected chi connectivity index (χ1v) is 10.7. The van der Waals surface area contributed by atoms with Crippen LogP contribution in [0.5, 0.6) is 0 Å². The summed E-state index contributed by atoms with van der Waals surface area (Å²) in [6, 6.07) is 11.0. The molecule has 0 bridgehead atoms. The van der Waals surface area contributed by atoms with Crippen LogP contribution in [0, 0.1) is 17.1 Å². The molecule has 1 fully saturated rings. The first kappa shape index (κ1) is 23.0. The molecule has 2 aromatic heterocycles. The highest BCUT2D eigenvalue weighted by Crippen LogP contribution is 2.42. The van der Waals surface area contributed by atoms with Gasteiger partial charge in [0.1, 0.15) is 17.2 Å². The molecule has 0 saturated heterocycles. The fourth-order valence-electron chi connectivity index (χ4n) is 4.39. The van der Waals surface area contributed by atoms with Gasteiger partial charge in [0.05, 0.1) is 6.07 Å². The van der Waals surface area contributed by atoms with Crippen molar-refractivity contribution in [1.29, 1.82) is 5.26 Å². The van der Waals surface area contributed by atoms with Crippen LogP contribution in [0.3, 0.4) is 0 Å². The topological polar surface area (TPSA) is 92.0 Å². The Bertz CT molecular complexity index is 1180. The largest absolute Gasteiger partial charge is 0.435 e. The number of hydrogen-bond acceptors (Lipinski definition) is 5. The summed E-state index contributed by atoms with van der Waals surface area (Å²) in [7, 11) is 0. The van der Waals surface area contributed by atoms with Gasteiger partial charge in [0.2, 0.25) is 0 Å². The van der Waals surface area contributed by atoms with Crippen molar-refractivity contribution in [2.45, 2.75) is 56.2 Å². The number of rotatable bonds is 5. The Labute approximate surface area is 188 Å². The number of nitrogens with two attached hydrogens (primary N) is 1. The highest BCUT2D eigenvalue weighted by molar-refractivity contribution is 5.51. The van der Waals surface area contributed by atoms with Gasteiger partial charge in [-0.2, -0.15) is 28.0 Å². The highest BCUT2D eigenvalue weighted by Gasteiger charge is 2.42. The third kappa shape index (κ3) is 4.50. The number of aromatic nitrogens is 3. The summed E-state index contributed by atoms with van der Waals surface area (Å²) in [5.41, 5.74) is 5.38. The summed E-state index contributed by atoms with van der Waals surface area (Å²) in [4.78, 5) is 4.26. The Morgan fingerprint density at radius 2 is 1.82 bits per heavy atom. The highest BCUT2D eigenvalue weighted by atomic mass is 19.4. The molecule has 0 aliphatic heterocycles. The van der Waals surface area contributed by atoms with Crippen molar-refractivity contribution >= 4 is 11.5 Å².